The first-order chi connectivity index (χ1) is 10.9. The quantitative estimate of drug-likeness (QED) is 0.758. The molecule has 0 aliphatic rings. The predicted octanol–water partition coefficient (Wildman–Crippen LogP) is 4.26. The zero-order valence-electron chi connectivity index (χ0n) is 11.4. The lowest BCUT2D eigenvalue weighted by atomic mass is 10.2. The number of amides is 1. The molecule has 8 heteroatoms. The van der Waals surface area contributed by atoms with Gasteiger partial charge in [0.15, 0.2) is 5.69 Å². The van der Waals surface area contributed by atoms with Gasteiger partial charge in [-0.15, -0.1) is 0 Å². The summed E-state index contributed by atoms with van der Waals surface area (Å²) in [5, 5.41) is 2.76. The fourth-order valence-electron chi connectivity index (χ4n) is 2.17. The summed E-state index contributed by atoms with van der Waals surface area (Å²) in [7, 11) is 0. The normalized spacial score (nSPS) is 11.7. The minimum absolute atomic E-state index is 0.0380. The molecule has 0 fully saturated rings. The molecule has 1 amide bonds. The maximum Gasteiger partial charge on any atom is 0.435 e. The van der Waals surface area contributed by atoms with Crippen LogP contribution in [-0.2, 0) is 6.18 Å². The first-order valence-electron chi connectivity index (χ1n) is 6.47. The van der Waals surface area contributed by atoms with E-state index in [0.717, 1.165) is 4.40 Å². The van der Waals surface area contributed by atoms with Gasteiger partial charge in [-0.3, -0.25) is 9.20 Å². The molecule has 4 nitrogen and oxygen atoms in total. The van der Waals surface area contributed by atoms with Gasteiger partial charge in [0.25, 0.3) is 5.91 Å². The molecule has 118 valence electrons. The number of hydrogen-bond donors (Lipinski definition) is 1. The third kappa shape index (κ3) is 3.00. The summed E-state index contributed by atoms with van der Waals surface area (Å²) in [5.41, 5.74) is -1.48. The number of pyridine rings is 1. The Morgan fingerprint density at radius 3 is 2.65 bits per heavy atom. The number of halogens is 4. The number of hydrogen-bond acceptors (Lipinski definition) is 2. The van der Waals surface area contributed by atoms with Crippen LogP contribution in [0.4, 0.5) is 18.9 Å². The predicted molar refractivity (Wildman–Crippen MR) is 79.6 cm³/mol. The van der Waals surface area contributed by atoms with Gasteiger partial charge in [-0.2, -0.15) is 13.2 Å². The molecule has 0 bridgehead atoms. The van der Waals surface area contributed by atoms with Gasteiger partial charge in [-0.25, -0.2) is 4.98 Å². The molecule has 0 aliphatic carbocycles. The second-order valence-corrected chi connectivity index (χ2v) is 5.14. The Bertz CT molecular complexity index is 889. The summed E-state index contributed by atoms with van der Waals surface area (Å²) in [6, 6.07) is 10.6. The number of carbonyl (C=O) groups excluding carboxylic acids is 1. The highest BCUT2D eigenvalue weighted by atomic mass is 35.5. The minimum Gasteiger partial charge on any atom is -0.321 e. The van der Waals surface area contributed by atoms with E-state index in [1.807, 2.05) is 0 Å². The lowest BCUT2D eigenvalue weighted by Crippen LogP contribution is -2.20. The number of fused-ring (bicyclic) bond motifs is 1. The Hall–Kier alpha value is -2.54. The van der Waals surface area contributed by atoms with Crippen molar-refractivity contribution < 1.29 is 18.0 Å². The Balaban J connectivity index is 2.09. The molecule has 0 aliphatic heterocycles. The van der Waals surface area contributed by atoms with E-state index in [-0.39, 0.29) is 5.65 Å². The second kappa shape index (κ2) is 5.58. The van der Waals surface area contributed by atoms with Crippen molar-refractivity contribution in [2.75, 3.05) is 5.32 Å². The number of imidazole rings is 1. The minimum atomic E-state index is -4.74. The number of aromatic nitrogens is 2. The molecule has 1 aromatic carbocycles. The molecule has 0 saturated carbocycles. The third-order valence-electron chi connectivity index (χ3n) is 3.10. The highest BCUT2D eigenvalue weighted by molar-refractivity contribution is 6.30. The van der Waals surface area contributed by atoms with Crippen LogP contribution in [0.2, 0.25) is 5.02 Å². The summed E-state index contributed by atoms with van der Waals surface area (Å²) >= 11 is 5.80. The fraction of sp³-hybridized carbons (Fsp3) is 0.0667. The number of anilines is 1. The molecule has 1 N–H and O–H groups in total. The molecule has 0 atom stereocenters. The Morgan fingerprint density at radius 1 is 1.17 bits per heavy atom. The van der Waals surface area contributed by atoms with Crippen molar-refractivity contribution in [2.45, 2.75) is 6.18 Å². The molecule has 0 saturated heterocycles. The average molecular weight is 340 g/mol. The van der Waals surface area contributed by atoms with Crippen LogP contribution >= 0.6 is 11.6 Å². The number of alkyl halides is 3. The van der Waals surface area contributed by atoms with E-state index in [9.17, 15) is 18.0 Å². The van der Waals surface area contributed by atoms with Crippen molar-refractivity contribution in [3.05, 3.63) is 65.1 Å². The van der Waals surface area contributed by atoms with Crippen LogP contribution in [-0.4, -0.2) is 15.3 Å². The van der Waals surface area contributed by atoms with Gasteiger partial charge in [-0.05, 0) is 30.3 Å². The van der Waals surface area contributed by atoms with Crippen LogP contribution in [0.3, 0.4) is 0 Å². The smallest absolute Gasteiger partial charge is 0.321 e. The summed E-state index contributed by atoms with van der Waals surface area (Å²) in [6.07, 6.45) is -3.39. The zero-order chi connectivity index (χ0) is 16.6. The first kappa shape index (κ1) is 15.4. The van der Waals surface area contributed by atoms with Crippen LogP contribution in [0.25, 0.3) is 5.65 Å². The number of rotatable bonds is 2. The lowest BCUT2D eigenvalue weighted by molar-refractivity contribution is -0.141. The van der Waals surface area contributed by atoms with Gasteiger partial charge >= 0.3 is 6.18 Å². The molecule has 2 aromatic heterocycles. The van der Waals surface area contributed by atoms with Crippen molar-refractivity contribution in [3.8, 4) is 0 Å². The van der Waals surface area contributed by atoms with Crippen LogP contribution in [0.5, 0.6) is 0 Å². The van der Waals surface area contributed by atoms with Crippen LogP contribution in [0.1, 0.15) is 16.2 Å². The van der Waals surface area contributed by atoms with Gasteiger partial charge in [0, 0.05) is 16.9 Å². The van der Waals surface area contributed by atoms with Crippen molar-refractivity contribution in [1.82, 2.24) is 9.38 Å². The monoisotopic (exact) mass is 339 g/mol. The van der Waals surface area contributed by atoms with Gasteiger partial charge in [0.2, 0.25) is 0 Å². The van der Waals surface area contributed by atoms with E-state index in [0.29, 0.717) is 10.7 Å². The Morgan fingerprint density at radius 2 is 1.96 bits per heavy atom. The summed E-state index contributed by atoms with van der Waals surface area (Å²) in [4.78, 5) is 15.9. The van der Waals surface area contributed by atoms with E-state index < -0.39 is 23.5 Å². The van der Waals surface area contributed by atoms with E-state index in [4.69, 9.17) is 11.6 Å². The van der Waals surface area contributed by atoms with E-state index in [1.54, 1.807) is 18.2 Å². The molecule has 23 heavy (non-hydrogen) atoms. The summed E-state index contributed by atoms with van der Waals surface area (Å²) in [6.45, 7) is 0. The van der Waals surface area contributed by atoms with Crippen molar-refractivity contribution in [2.24, 2.45) is 0 Å². The Labute approximate surface area is 133 Å². The SMILES string of the molecule is O=C(Nc1cccc(Cl)c1)c1c(C(F)(F)F)nc2ccccn12. The topological polar surface area (TPSA) is 46.4 Å². The molecule has 3 rings (SSSR count). The number of benzene rings is 1. The third-order valence-corrected chi connectivity index (χ3v) is 3.33. The molecule has 0 radical (unpaired) electrons. The van der Waals surface area contributed by atoms with Gasteiger partial charge in [0.05, 0.1) is 0 Å². The maximum atomic E-state index is 13.2. The van der Waals surface area contributed by atoms with E-state index in [2.05, 4.69) is 10.3 Å². The average Bonchev–Trinajstić information content (AvgIpc) is 2.87. The number of nitrogens with zero attached hydrogens (tertiary/aromatic N) is 2. The summed E-state index contributed by atoms with van der Waals surface area (Å²) in [5.74, 6) is -0.918. The summed E-state index contributed by atoms with van der Waals surface area (Å²) < 4.78 is 40.6. The Kier molecular flexibility index (Phi) is 3.73. The highest BCUT2D eigenvalue weighted by Crippen LogP contribution is 2.32. The number of carbonyl (C=O) groups is 1. The molecule has 2 heterocycles. The van der Waals surface area contributed by atoms with Crippen molar-refractivity contribution >= 4 is 28.8 Å². The van der Waals surface area contributed by atoms with E-state index in [1.165, 1.54) is 30.5 Å². The maximum absolute atomic E-state index is 13.2. The van der Waals surface area contributed by atoms with Gasteiger partial charge < -0.3 is 5.32 Å². The second-order valence-electron chi connectivity index (χ2n) is 4.70. The van der Waals surface area contributed by atoms with Gasteiger partial charge in [0.1, 0.15) is 11.3 Å². The lowest BCUT2D eigenvalue weighted by Gasteiger charge is -2.09. The van der Waals surface area contributed by atoms with Crippen LogP contribution < -0.4 is 5.32 Å². The molecular formula is C15H9ClF3N3O. The van der Waals surface area contributed by atoms with Crippen molar-refractivity contribution in [1.29, 1.82) is 0 Å². The standard InChI is InChI=1S/C15H9ClF3N3O/c16-9-4-3-5-10(8-9)20-14(23)12-13(15(17,18)19)21-11-6-1-2-7-22(11)12/h1-8H,(H,20,23). The highest BCUT2D eigenvalue weighted by Gasteiger charge is 2.40. The van der Waals surface area contributed by atoms with Crippen molar-refractivity contribution in [3.63, 3.8) is 0 Å². The van der Waals surface area contributed by atoms with Gasteiger partial charge in [-0.1, -0.05) is 23.7 Å². The molecule has 3 aromatic rings. The zero-order valence-corrected chi connectivity index (χ0v) is 12.2. The van der Waals surface area contributed by atoms with E-state index >= 15 is 0 Å². The van der Waals surface area contributed by atoms with Crippen LogP contribution in [0.15, 0.2) is 48.7 Å². The number of nitrogens with one attached hydrogen (secondary N) is 1. The molecule has 0 spiro atoms. The first-order valence-corrected chi connectivity index (χ1v) is 6.85. The fourth-order valence-corrected chi connectivity index (χ4v) is 2.36. The largest absolute Gasteiger partial charge is 0.435 e. The van der Waals surface area contributed by atoms with Crippen LogP contribution in [0, 0.1) is 0 Å². The molecule has 0 unspecified atom stereocenters. The molecular weight excluding hydrogens is 331 g/mol.